The summed E-state index contributed by atoms with van der Waals surface area (Å²) in [7, 11) is 0. The summed E-state index contributed by atoms with van der Waals surface area (Å²) in [4.78, 5) is 4.13. The number of alkyl halides is 6. The third-order valence-electron chi connectivity index (χ3n) is 4.21. The van der Waals surface area contributed by atoms with Crippen LogP contribution in [0.3, 0.4) is 0 Å². The van der Waals surface area contributed by atoms with E-state index in [0.29, 0.717) is 18.0 Å². The van der Waals surface area contributed by atoms with Crippen LogP contribution in [0.2, 0.25) is 0 Å². The highest BCUT2D eigenvalue weighted by Crippen LogP contribution is 2.36. The summed E-state index contributed by atoms with van der Waals surface area (Å²) in [6, 6.07) is 10.3. The van der Waals surface area contributed by atoms with Gasteiger partial charge in [0.2, 0.25) is 0 Å². The third-order valence-corrected chi connectivity index (χ3v) is 5.47. The second-order valence-electron chi connectivity index (χ2n) is 6.25. The number of rotatable bonds is 5. The summed E-state index contributed by atoms with van der Waals surface area (Å²) >= 11 is 1.51. The largest absolute Gasteiger partial charge is 0.573 e. The predicted octanol–water partition coefficient (Wildman–Crippen LogP) is 5.75. The van der Waals surface area contributed by atoms with Crippen molar-refractivity contribution in [1.29, 1.82) is 0 Å². The van der Waals surface area contributed by atoms with Gasteiger partial charge in [0.15, 0.2) is 5.75 Å². The van der Waals surface area contributed by atoms with Crippen LogP contribution in [0, 0.1) is 0 Å². The van der Waals surface area contributed by atoms with E-state index in [1.54, 1.807) is 6.07 Å². The van der Waals surface area contributed by atoms with E-state index in [0.717, 1.165) is 18.2 Å². The monoisotopic (exact) mass is 434 g/mol. The number of ether oxygens (including phenoxy) is 1. The van der Waals surface area contributed by atoms with E-state index >= 15 is 0 Å². The Labute approximate surface area is 167 Å². The van der Waals surface area contributed by atoms with Gasteiger partial charge in [-0.05, 0) is 23.8 Å². The lowest BCUT2D eigenvalue weighted by atomic mass is 9.94. The minimum Gasteiger partial charge on any atom is -0.403 e. The topological polar surface area (TPSA) is 33.6 Å². The molecule has 156 valence electrons. The molecule has 0 aromatic heterocycles. The molecule has 0 spiro atoms. The number of aliphatic imine (C=N–C) groups is 1. The second-order valence-corrected chi connectivity index (χ2v) is 7.47. The summed E-state index contributed by atoms with van der Waals surface area (Å²) in [6.07, 6.45) is -7.98. The van der Waals surface area contributed by atoms with Crippen LogP contribution in [-0.2, 0) is 6.18 Å². The molecular formula is C19H16F6N2OS. The predicted molar refractivity (Wildman–Crippen MR) is 99.7 cm³/mol. The van der Waals surface area contributed by atoms with Crippen molar-refractivity contribution in [1.82, 2.24) is 5.32 Å². The van der Waals surface area contributed by atoms with Crippen molar-refractivity contribution in [2.75, 3.05) is 12.4 Å². The average molecular weight is 434 g/mol. The zero-order chi connectivity index (χ0) is 21.1. The first-order valence-electron chi connectivity index (χ1n) is 8.52. The molecule has 0 bridgehead atoms. The Kier molecular flexibility index (Phi) is 6.42. The number of hydrogen-bond donors (Lipinski definition) is 1. The number of nitrogens with one attached hydrogen (secondary N) is 1. The van der Waals surface area contributed by atoms with Crippen LogP contribution < -0.4 is 10.1 Å². The molecule has 1 N–H and O–H groups in total. The first-order chi connectivity index (χ1) is 13.6. The van der Waals surface area contributed by atoms with Crippen LogP contribution in [0.5, 0.6) is 5.75 Å². The molecule has 0 radical (unpaired) electrons. The smallest absolute Gasteiger partial charge is 0.403 e. The molecule has 3 nitrogen and oxygen atoms in total. The third kappa shape index (κ3) is 5.89. The maximum atomic E-state index is 13.1. The van der Waals surface area contributed by atoms with Crippen LogP contribution in [0.25, 0.3) is 0 Å². The van der Waals surface area contributed by atoms with Gasteiger partial charge in [-0.2, -0.15) is 13.2 Å². The van der Waals surface area contributed by atoms with E-state index in [-0.39, 0.29) is 10.9 Å². The molecule has 3 rings (SSSR count). The Morgan fingerprint density at radius 3 is 2.48 bits per heavy atom. The Morgan fingerprint density at radius 2 is 1.83 bits per heavy atom. The Morgan fingerprint density at radius 1 is 1.07 bits per heavy atom. The van der Waals surface area contributed by atoms with Gasteiger partial charge in [-0.15, -0.1) is 24.9 Å². The highest BCUT2D eigenvalue weighted by molar-refractivity contribution is 8.00. The van der Waals surface area contributed by atoms with E-state index in [1.165, 1.54) is 42.2 Å². The van der Waals surface area contributed by atoms with Gasteiger partial charge in [-0.1, -0.05) is 30.3 Å². The highest BCUT2D eigenvalue weighted by atomic mass is 32.2. The van der Waals surface area contributed by atoms with Crippen molar-refractivity contribution in [2.45, 2.75) is 23.7 Å². The molecule has 0 amide bonds. The summed E-state index contributed by atoms with van der Waals surface area (Å²) in [6.45, 7) is 0.540. The van der Waals surface area contributed by atoms with Crippen LogP contribution in [0.15, 0.2) is 53.5 Å². The molecule has 10 heteroatoms. The maximum absolute atomic E-state index is 13.1. The lowest BCUT2D eigenvalue weighted by molar-refractivity contribution is -0.274. The van der Waals surface area contributed by atoms with Crippen molar-refractivity contribution >= 4 is 23.7 Å². The van der Waals surface area contributed by atoms with Crippen molar-refractivity contribution < 1.29 is 31.1 Å². The van der Waals surface area contributed by atoms with Gasteiger partial charge in [-0.25, -0.2) is 0 Å². The molecule has 2 aromatic rings. The zero-order valence-electron chi connectivity index (χ0n) is 14.8. The normalized spacial score (nSPS) is 18.9. The SMILES string of the molecule is FC(F)(F)Oc1ccccc1N=CC(c1cccc(C(F)(F)F)c1)C1CNCS1. The lowest BCUT2D eigenvalue weighted by Gasteiger charge is -2.20. The number of hydrogen-bond acceptors (Lipinski definition) is 4. The van der Waals surface area contributed by atoms with Crippen LogP contribution >= 0.6 is 11.8 Å². The summed E-state index contributed by atoms with van der Waals surface area (Å²) in [5, 5.41) is 3.00. The molecule has 0 aliphatic carbocycles. The van der Waals surface area contributed by atoms with Gasteiger partial charge in [0.1, 0.15) is 5.69 Å². The van der Waals surface area contributed by atoms with Crippen LogP contribution in [0.4, 0.5) is 32.0 Å². The molecule has 29 heavy (non-hydrogen) atoms. The fourth-order valence-electron chi connectivity index (χ4n) is 2.91. The molecule has 1 saturated heterocycles. The van der Waals surface area contributed by atoms with E-state index in [9.17, 15) is 26.3 Å². The Bertz CT molecular complexity index is 862. The number of nitrogens with zero attached hydrogens (tertiary/aromatic N) is 1. The molecular weight excluding hydrogens is 418 g/mol. The van der Waals surface area contributed by atoms with E-state index in [4.69, 9.17) is 0 Å². The van der Waals surface area contributed by atoms with Gasteiger partial charge >= 0.3 is 12.5 Å². The van der Waals surface area contributed by atoms with Crippen LogP contribution in [-0.4, -0.2) is 30.2 Å². The highest BCUT2D eigenvalue weighted by Gasteiger charge is 2.33. The first kappa shape index (κ1) is 21.5. The molecule has 0 saturated carbocycles. The van der Waals surface area contributed by atoms with Crippen molar-refractivity contribution in [2.24, 2.45) is 4.99 Å². The minimum absolute atomic E-state index is 0.0576. The molecule has 1 heterocycles. The Hall–Kier alpha value is -2.20. The molecule has 1 aliphatic heterocycles. The van der Waals surface area contributed by atoms with Gasteiger partial charge in [0.25, 0.3) is 0 Å². The van der Waals surface area contributed by atoms with Crippen LogP contribution in [0.1, 0.15) is 17.0 Å². The second kappa shape index (κ2) is 8.66. The zero-order valence-corrected chi connectivity index (χ0v) is 15.6. The number of benzene rings is 2. The van der Waals surface area contributed by atoms with E-state index < -0.39 is 29.8 Å². The van der Waals surface area contributed by atoms with Crippen molar-refractivity contribution in [3.8, 4) is 5.75 Å². The molecule has 1 aliphatic rings. The lowest BCUT2D eigenvalue weighted by Crippen LogP contribution is -2.22. The number of halogens is 6. The summed E-state index contributed by atoms with van der Waals surface area (Å²) < 4.78 is 81.1. The van der Waals surface area contributed by atoms with Crippen molar-refractivity contribution in [3.63, 3.8) is 0 Å². The fraction of sp³-hybridized carbons (Fsp3) is 0.316. The average Bonchev–Trinajstić information content (AvgIpc) is 3.16. The molecule has 1 fully saturated rings. The standard InChI is InChI=1S/C19H16F6N2OS/c20-18(21,22)13-5-3-4-12(8-13)14(17-10-26-11-29-17)9-27-15-6-1-2-7-16(15)28-19(23,24)25/h1-9,14,17,26H,10-11H2. The fourth-order valence-corrected chi connectivity index (χ4v) is 4.03. The minimum atomic E-state index is -4.88. The van der Waals surface area contributed by atoms with E-state index in [1.807, 2.05) is 0 Å². The number of para-hydroxylation sites is 2. The van der Waals surface area contributed by atoms with Crippen molar-refractivity contribution in [3.05, 3.63) is 59.7 Å². The molecule has 2 atom stereocenters. The molecule has 2 aromatic carbocycles. The van der Waals surface area contributed by atoms with Gasteiger partial charge in [-0.3, -0.25) is 4.99 Å². The maximum Gasteiger partial charge on any atom is 0.573 e. The summed E-state index contributed by atoms with van der Waals surface area (Å²) in [5.41, 5.74) is -0.457. The van der Waals surface area contributed by atoms with E-state index in [2.05, 4.69) is 15.0 Å². The quantitative estimate of drug-likeness (QED) is 0.481. The van der Waals surface area contributed by atoms with Gasteiger partial charge < -0.3 is 10.1 Å². The Balaban J connectivity index is 1.94. The first-order valence-corrected chi connectivity index (χ1v) is 9.57. The van der Waals surface area contributed by atoms with Gasteiger partial charge in [0.05, 0.1) is 5.56 Å². The molecule has 2 unspecified atom stereocenters. The summed E-state index contributed by atoms with van der Waals surface area (Å²) in [5.74, 6) is -0.380. The number of thioether (sulfide) groups is 1. The van der Waals surface area contributed by atoms with Gasteiger partial charge in [0, 0.05) is 29.8 Å².